The molecule has 0 aliphatic carbocycles. The van der Waals surface area contributed by atoms with E-state index in [4.69, 9.17) is 0 Å². The molecule has 1 aromatic carbocycles. The van der Waals surface area contributed by atoms with Crippen LogP contribution in [0, 0.1) is 5.82 Å². The third-order valence-electron chi connectivity index (χ3n) is 3.92. The maximum atomic E-state index is 13.5. The molecule has 0 aliphatic heterocycles. The molecule has 3 rings (SSSR count). The van der Waals surface area contributed by atoms with Crippen LogP contribution < -0.4 is 5.32 Å². The van der Waals surface area contributed by atoms with E-state index in [2.05, 4.69) is 15.3 Å². The number of amides is 1. The molecule has 0 spiro atoms. The van der Waals surface area contributed by atoms with Crippen molar-refractivity contribution in [1.29, 1.82) is 0 Å². The number of Topliss-reactive ketones (excluding diaryl/α,β-unsaturated/α-hetero) is 1. The Hall–Kier alpha value is -2.93. The van der Waals surface area contributed by atoms with Crippen molar-refractivity contribution < 1.29 is 14.0 Å². The van der Waals surface area contributed by atoms with Gasteiger partial charge in [-0.3, -0.25) is 14.6 Å². The molecule has 7 heteroatoms. The number of benzene rings is 1. The van der Waals surface area contributed by atoms with E-state index in [0.29, 0.717) is 13.0 Å². The van der Waals surface area contributed by atoms with Gasteiger partial charge in [-0.2, -0.15) is 0 Å². The standard InChI is InChI=1S/C20H18FN3O2S/c21-17-6-2-1-5-16(17)18(25)7-8-19(26)23-11-9-15-13-27-20(24-15)14-4-3-10-22-12-14/h1-6,10,12-13H,7-9,11H2,(H,23,26). The smallest absolute Gasteiger partial charge is 0.220 e. The predicted octanol–water partition coefficient (Wildman–Crippen LogP) is 3.67. The Balaban J connectivity index is 1.42. The van der Waals surface area contributed by atoms with Crippen molar-refractivity contribution in [2.45, 2.75) is 19.3 Å². The van der Waals surface area contributed by atoms with Gasteiger partial charge in [-0.15, -0.1) is 11.3 Å². The van der Waals surface area contributed by atoms with Crippen LogP contribution in [0.15, 0.2) is 54.2 Å². The van der Waals surface area contributed by atoms with Crippen LogP contribution >= 0.6 is 11.3 Å². The average molecular weight is 383 g/mol. The molecule has 138 valence electrons. The van der Waals surface area contributed by atoms with E-state index < -0.39 is 5.82 Å². The molecule has 0 bridgehead atoms. The van der Waals surface area contributed by atoms with Crippen LogP contribution in [0.4, 0.5) is 4.39 Å². The second kappa shape index (κ2) is 9.14. The van der Waals surface area contributed by atoms with Gasteiger partial charge in [0, 0.05) is 49.1 Å². The lowest BCUT2D eigenvalue weighted by Gasteiger charge is -2.04. The summed E-state index contributed by atoms with van der Waals surface area (Å²) in [6, 6.07) is 9.60. The average Bonchev–Trinajstić information content (AvgIpc) is 3.16. The summed E-state index contributed by atoms with van der Waals surface area (Å²) >= 11 is 1.53. The minimum Gasteiger partial charge on any atom is -0.356 e. The lowest BCUT2D eigenvalue weighted by atomic mass is 10.1. The maximum Gasteiger partial charge on any atom is 0.220 e. The number of aromatic nitrogens is 2. The van der Waals surface area contributed by atoms with Gasteiger partial charge >= 0.3 is 0 Å². The van der Waals surface area contributed by atoms with E-state index in [1.807, 2.05) is 17.5 Å². The van der Waals surface area contributed by atoms with Gasteiger partial charge in [-0.25, -0.2) is 9.37 Å². The lowest BCUT2D eigenvalue weighted by molar-refractivity contribution is -0.121. The van der Waals surface area contributed by atoms with Crippen molar-refractivity contribution in [1.82, 2.24) is 15.3 Å². The molecule has 3 aromatic rings. The van der Waals surface area contributed by atoms with Gasteiger partial charge in [0.15, 0.2) is 5.78 Å². The van der Waals surface area contributed by atoms with Crippen molar-refractivity contribution in [3.63, 3.8) is 0 Å². The van der Waals surface area contributed by atoms with Gasteiger partial charge < -0.3 is 5.32 Å². The molecule has 1 amide bonds. The lowest BCUT2D eigenvalue weighted by Crippen LogP contribution is -2.26. The fourth-order valence-electron chi connectivity index (χ4n) is 2.51. The van der Waals surface area contributed by atoms with Gasteiger partial charge in [-0.1, -0.05) is 12.1 Å². The first-order valence-corrected chi connectivity index (χ1v) is 9.40. The van der Waals surface area contributed by atoms with Crippen LogP contribution in [-0.4, -0.2) is 28.2 Å². The van der Waals surface area contributed by atoms with Crippen molar-refractivity contribution in [3.05, 3.63) is 71.2 Å². The Labute approximate surface area is 160 Å². The third-order valence-corrected chi connectivity index (χ3v) is 4.86. The monoisotopic (exact) mass is 383 g/mol. The molecule has 5 nitrogen and oxygen atoms in total. The Morgan fingerprint density at radius 1 is 1.11 bits per heavy atom. The van der Waals surface area contributed by atoms with Gasteiger partial charge in [0.2, 0.25) is 5.91 Å². The van der Waals surface area contributed by atoms with E-state index in [-0.39, 0.29) is 30.1 Å². The number of carbonyl (C=O) groups excluding carboxylic acids is 2. The number of pyridine rings is 1. The number of ketones is 1. The zero-order chi connectivity index (χ0) is 19.1. The minimum absolute atomic E-state index is 0.0192. The molecule has 27 heavy (non-hydrogen) atoms. The summed E-state index contributed by atoms with van der Waals surface area (Å²) in [5.41, 5.74) is 1.88. The highest BCUT2D eigenvalue weighted by molar-refractivity contribution is 7.13. The van der Waals surface area contributed by atoms with Gasteiger partial charge in [0.05, 0.1) is 11.3 Å². The Morgan fingerprint density at radius 3 is 2.74 bits per heavy atom. The van der Waals surface area contributed by atoms with Crippen molar-refractivity contribution >= 4 is 23.0 Å². The number of hydrogen-bond donors (Lipinski definition) is 1. The van der Waals surface area contributed by atoms with Crippen molar-refractivity contribution in [2.24, 2.45) is 0 Å². The summed E-state index contributed by atoms with van der Waals surface area (Å²) in [5, 5.41) is 5.61. The zero-order valence-electron chi connectivity index (χ0n) is 14.5. The van der Waals surface area contributed by atoms with Crippen LogP contribution in [-0.2, 0) is 11.2 Å². The van der Waals surface area contributed by atoms with Crippen LogP contribution in [0.1, 0.15) is 28.9 Å². The number of nitrogens with one attached hydrogen (secondary N) is 1. The molecule has 0 unspecified atom stereocenters. The van der Waals surface area contributed by atoms with Crippen LogP contribution in [0.2, 0.25) is 0 Å². The van der Waals surface area contributed by atoms with Gasteiger partial charge in [0.25, 0.3) is 0 Å². The molecule has 2 aromatic heterocycles. The van der Waals surface area contributed by atoms with E-state index >= 15 is 0 Å². The first-order chi connectivity index (χ1) is 13.1. The van der Waals surface area contributed by atoms with E-state index in [1.54, 1.807) is 18.5 Å². The highest BCUT2D eigenvalue weighted by Crippen LogP contribution is 2.22. The van der Waals surface area contributed by atoms with E-state index in [0.717, 1.165) is 16.3 Å². The first-order valence-electron chi connectivity index (χ1n) is 8.52. The molecule has 1 N–H and O–H groups in total. The summed E-state index contributed by atoms with van der Waals surface area (Å²) < 4.78 is 13.5. The molecule has 0 saturated carbocycles. The molecule has 0 atom stereocenters. The molecule has 0 aliphatic rings. The fraction of sp³-hybridized carbons (Fsp3) is 0.200. The number of thiazole rings is 1. The highest BCUT2D eigenvalue weighted by Gasteiger charge is 2.13. The van der Waals surface area contributed by atoms with Crippen LogP contribution in [0.5, 0.6) is 0 Å². The Kier molecular flexibility index (Phi) is 6.38. The molecule has 2 heterocycles. The number of hydrogen-bond acceptors (Lipinski definition) is 5. The third kappa shape index (κ3) is 5.27. The Bertz CT molecular complexity index is 928. The molecule has 0 saturated heterocycles. The summed E-state index contributed by atoms with van der Waals surface area (Å²) in [7, 11) is 0. The molecular weight excluding hydrogens is 365 g/mol. The molecular formula is C20H18FN3O2S. The largest absolute Gasteiger partial charge is 0.356 e. The summed E-state index contributed by atoms with van der Waals surface area (Å²) in [6.07, 6.45) is 4.09. The second-order valence-electron chi connectivity index (χ2n) is 5.89. The predicted molar refractivity (Wildman–Crippen MR) is 102 cm³/mol. The quantitative estimate of drug-likeness (QED) is 0.603. The van der Waals surface area contributed by atoms with Crippen molar-refractivity contribution in [2.75, 3.05) is 6.54 Å². The van der Waals surface area contributed by atoms with Crippen LogP contribution in [0.25, 0.3) is 10.6 Å². The van der Waals surface area contributed by atoms with Gasteiger partial charge in [0.1, 0.15) is 10.8 Å². The first kappa shape index (κ1) is 18.8. The number of halogens is 1. The maximum absolute atomic E-state index is 13.5. The minimum atomic E-state index is -0.559. The van der Waals surface area contributed by atoms with Gasteiger partial charge in [-0.05, 0) is 24.3 Å². The summed E-state index contributed by atoms with van der Waals surface area (Å²) in [4.78, 5) is 32.5. The number of rotatable bonds is 8. The number of carbonyl (C=O) groups is 2. The summed E-state index contributed by atoms with van der Waals surface area (Å²) in [6.45, 7) is 0.433. The topological polar surface area (TPSA) is 72.0 Å². The SMILES string of the molecule is O=C(CCC(=O)c1ccccc1F)NCCc1csc(-c2cccnc2)n1. The molecule has 0 fully saturated rings. The fourth-order valence-corrected chi connectivity index (χ4v) is 3.36. The van der Waals surface area contributed by atoms with E-state index in [1.165, 1.54) is 29.5 Å². The van der Waals surface area contributed by atoms with E-state index in [9.17, 15) is 14.0 Å². The highest BCUT2D eigenvalue weighted by atomic mass is 32.1. The molecule has 0 radical (unpaired) electrons. The Morgan fingerprint density at radius 2 is 1.96 bits per heavy atom. The van der Waals surface area contributed by atoms with Crippen molar-refractivity contribution in [3.8, 4) is 10.6 Å². The van der Waals surface area contributed by atoms with Crippen LogP contribution in [0.3, 0.4) is 0 Å². The second-order valence-corrected chi connectivity index (χ2v) is 6.75. The number of nitrogens with zero attached hydrogens (tertiary/aromatic N) is 2. The summed E-state index contributed by atoms with van der Waals surface area (Å²) in [5.74, 6) is -1.16. The normalized spacial score (nSPS) is 10.6. The zero-order valence-corrected chi connectivity index (χ0v) is 15.3.